The second kappa shape index (κ2) is 9.08. The number of halogens is 1. The lowest BCUT2D eigenvalue weighted by molar-refractivity contribution is 0.0601. The molecule has 1 aromatic heterocycles. The van der Waals surface area contributed by atoms with Crippen LogP contribution < -0.4 is 10.6 Å². The number of ether oxygens (including phenoxy) is 1. The molecule has 6 nitrogen and oxygen atoms in total. The summed E-state index contributed by atoms with van der Waals surface area (Å²) in [5, 5.41) is 6.78. The molecule has 0 aliphatic heterocycles. The summed E-state index contributed by atoms with van der Waals surface area (Å²) < 4.78 is 4.72. The summed E-state index contributed by atoms with van der Waals surface area (Å²) in [6.45, 7) is 2.99. The minimum Gasteiger partial charge on any atom is -0.465 e. The molecule has 0 aliphatic carbocycles. The van der Waals surface area contributed by atoms with Gasteiger partial charge in [-0.05, 0) is 30.7 Å². The van der Waals surface area contributed by atoms with E-state index in [1.54, 1.807) is 30.5 Å². The van der Waals surface area contributed by atoms with Crippen molar-refractivity contribution in [2.75, 3.05) is 24.3 Å². The van der Waals surface area contributed by atoms with Gasteiger partial charge < -0.3 is 15.4 Å². The fourth-order valence-electron chi connectivity index (χ4n) is 2.09. The van der Waals surface area contributed by atoms with E-state index in [4.69, 9.17) is 16.3 Å². The SMILES string of the molecule is CCCCCNc1nccc(Nc2cc(C(=O)OC)ccc2Cl)n1. The minimum atomic E-state index is -0.421. The van der Waals surface area contributed by atoms with Crippen molar-refractivity contribution < 1.29 is 9.53 Å². The summed E-state index contributed by atoms with van der Waals surface area (Å²) in [4.78, 5) is 20.2. The van der Waals surface area contributed by atoms with Crippen LogP contribution in [0.2, 0.25) is 5.02 Å². The maximum absolute atomic E-state index is 11.6. The number of benzene rings is 1. The molecule has 24 heavy (non-hydrogen) atoms. The van der Waals surface area contributed by atoms with E-state index in [0.717, 1.165) is 13.0 Å². The van der Waals surface area contributed by atoms with Crippen LogP contribution in [0.1, 0.15) is 36.5 Å². The standard InChI is InChI=1S/C17H21ClN4O2/c1-3-4-5-9-19-17-20-10-8-15(22-17)21-14-11-12(16(23)24-2)6-7-13(14)18/h6-8,10-11H,3-5,9H2,1-2H3,(H2,19,20,21,22). The Kier molecular flexibility index (Phi) is 6.81. The van der Waals surface area contributed by atoms with Crippen LogP contribution >= 0.6 is 11.6 Å². The van der Waals surface area contributed by atoms with Crippen LogP contribution in [0.5, 0.6) is 0 Å². The molecule has 2 N–H and O–H groups in total. The van der Waals surface area contributed by atoms with E-state index in [0.29, 0.717) is 28.0 Å². The molecule has 2 aromatic rings. The number of carbonyl (C=O) groups is 1. The molecular weight excluding hydrogens is 328 g/mol. The Morgan fingerprint density at radius 1 is 1.29 bits per heavy atom. The third kappa shape index (κ3) is 5.09. The molecule has 0 fully saturated rings. The number of unbranched alkanes of at least 4 members (excludes halogenated alkanes) is 2. The fraction of sp³-hybridized carbons (Fsp3) is 0.353. The molecule has 0 atom stereocenters. The van der Waals surface area contributed by atoms with E-state index in [1.165, 1.54) is 20.0 Å². The monoisotopic (exact) mass is 348 g/mol. The number of hydrogen-bond acceptors (Lipinski definition) is 6. The predicted octanol–water partition coefficient (Wildman–Crippen LogP) is 4.26. The number of rotatable bonds is 8. The molecule has 0 spiro atoms. The van der Waals surface area contributed by atoms with Crippen molar-refractivity contribution in [3.8, 4) is 0 Å². The van der Waals surface area contributed by atoms with E-state index >= 15 is 0 Å². The van der Waals surface area contributed by atoms with E-state index in [9.17, 15) is 4.79 Å². The van der Waals surface area contributed by atoms with Gasteiger partial charge in [-0.1, -0.05) is 31.4 Å². The molecule has 2 rings (SSSR count). The second-order valence-corrected chi connectivity index (χ2v) is 5.62. The first kappa shape index (κ1) is 18.0. The van der Waals surface area contributed by atoms with Crippen molar-refractivity contribution >= 4 is 35.0 Å². The number of aromatic nitrogens is 2. The summed E-state index contributed by atoms with van der Waals surface area (Å²) in [5.74, 6) is 0.721. The summed E-state index contributed by atoms with van der Waals surface area (Å²) in [6.07, 6.45) is 5.07. The quantitative estimate of drug-likeness (QED) is 0.548. The van der Waals surface area contributed by atoms with Gasteiger partial charge in [-0.15, -0.1) is 0 Å². The average Bonchev–Trinajstić information content (AvgIpc) is 2.60. The molecule has 0 saturated carbocycles. The van der Waals surface area contributed by atoms with Crippen LogP contribution in [0, 0.1) is 0 Å². The summed E-state index contributed by atoms with van der Waals surface area (Å²) in [5.41, 5.74) is 0.992. The van der Waals surface area contributed by atoms with Crippen molar-refractivity contribution in [1.82, 2.24) is 9.97 Å². The van der Waals surface area contributed by atoms with Crippen LogP contribution in [0.15, 0.2) is 30.5 Å². The molecule has 1 heterocycles. The summed E-state index contributed by atoms with van der Waals surface area (Å²) in [7, 11) is 1.34. The lowest BCUT2D eigenvalue weighted by Crippen LogP contribution is -2.07. The molecule has 0 aliphatic rings. The smallest absolute Gasteiger partial charge is 0.337 e. The van der Waals surface area contributed by atoms with Crippen molar-refractivity contribution in [2.45, 2.75) is 26.2 Å². The number of anilines is 3. The predicted molar refractivity (Wildman–Crippen MR) is 96.1 cm³/mol. The van der Waals surface area contributed by atoms with Gasteiger partial charge in [-0.3, -0.25) is 0 Å². The largest absolute Gasteiger partial charge is 0.465 e. The van der Waals surface area contributed by atoms with Gasteiger partial charge in [0.2, 0.25) is 5.95 Å². The summed E-state index contributed by atoms with van der Waals surface area (Å²) in [6, 6.07) is 6.62. The number of methoxy groups -OCH3 is 1. The van der Waals surface area contributed by atoms with Gasteiger partial charge in [0.1, 0.15) is 5.82 Å². The molecule has 128 valence electrons. The third-order valence-corrected chi connectivity index (χ3v) is 3.70. The molecule has 7 heteroatoms. The Morgan fingerprint density at radius 2 is 2.12 bits per heavy atom. The van der Waals surface area contributed by atoms with Gasteiger partial charge >= 0.3 is 5.97 Å². The van der Waals surface area contributed by atoms with Gasteiger partial charge in [-0.2, -0.15) is 4.98 Å². The normalized spacial score (nSPS) is 10.3. The number of nitrogens with one attached hydrogen (secondary N) is 2. The highest BCUT2D eigenvalue weighted by Crippen LogP contribution is 2.26. The zero-order chi connectivity index (χ0) is 17.4. The highest BCUT2D eigenvalue weighted by atomic mass is 35.5. The van der Waals surface area contributed by atoms with Crippen molar-refractivity contribution in [3.63, 3.8) is 0 Å². The van der Waals surface area contributed by atoms with Gasteiger partial charge in [0.15, 0.2) is 0 Å². The highest BCUT2D eigenvalue weighted by molar-refractivity contribution is 6.33. The van der Waals surface area contributed by atoms with E-state index in [-0.39, 0.29) is 0 Å². The molecule has 1 aromatic carbocycles. The Hall–Kier alpha value is -2.34. The third-order valence-electron chi connectivity index (χ3n) is 3.37. The average molecular weight is 349 g/mol. The maximum atomic E-state index is 11.6. The Bertz CT molecular complexity index is 694. The number of carbonyl (C=O) groups excluding carboxylic acids is 1. The fourth-order valence-corrected chi connectivity index (χ4v) is 2.26. The first-order chi connectivity index (χ1) is 11.6. The Labute approximate surface area is 146 Å². The molecule has 0 bridgehead atoms. The number of nitrogens with zero attached hydrogens (tertiary/aromatic N) is 2. The van der Waals surface area contributed by atoms with Gasteiger partial charge in [-0.25, -0.2) is 9.78 Å². The van der Waals surface area contributed by atoms with Crippen LogP contribution in [0.4, 0.5) is 17.5 Å². The van der Waals surface area contributed by atoms with Gasteiger partial charge in [0, 0.05) is 12.7 Å². The zero-order valence-corrected chi connectivity index (χ0v) is 14.6. The van der Waals surface area contributed by atoms with Crippen LogP contribution in [0.3, 0.4) is 0 Å². The van der Waals surface area contributed by atoms with E-state index in [1.807, 2.05) is 0 Å². The minimum absolute atomic E-state index is 0.413. The summed E-state index contributed by atoms with van der Waals surface area (Å²) >= 11 is 6.18. The molecule has 0 unspecified atom stereocenters. The van der Waals surface area contributed by atoms with E-state index in [2.05, 4.69) is 27.5 Å². The Balaban J connectivity index is 2.09. The lowest BCUT2D eigenvalue weighted by atomic mass is 10.2. The Morgan fingerprint density at radius 3 is 2.88 bits per heavy atom. The van der Waals surface area contributed by atoms with Crippen LogP contribution in [-0.4, -0.2) is 29.6 Å². The topological polar surface area (TPSA) is 76.1 Å². The number of hydrogen-bond donors (Lipinski definition) is 2. The van der Waals surface area contributed by atoms with Crippen LogP contribution in [-0.2, 0) is 4.74 Å². The van der Waals surface area contributed by atoms with E-state index < -0.39 is 5.97 Å². The highest BCUT2D eigenvalue weighted by Gasteiger charge is 2.10. The molecule has 0 amide bonds. The zero-order valence-electron chi connectivity index (χ0n) is 13.8. The van der Waals surface area contributed by atoms with Crippen LogP contribution in [0.25, 0.3) is 0 Å². The number of esters is 1. The molecule has 0 radical (unpaired) electrons. The first-order valence-corrected chi connectivity index (χ1v) is 8.23. The van der Waals surface area contributed by atoms with Gasteiger partial charge in [0.25, 0.3) is 0 Å². The molecule has 0 saturated heterocycles. The molecular formula is C17H21ClN4O2. The first-order valence-electron chi connectivity index (χ1n) is 7.86. The lowest BCUT2D eigenvalue weighted by Gasteiger charge is -2.10. The maximum Gasteiger partial charge on any atom is 0.337 e. The van der Waals surface area contributed by atoms with Crippen molar-refractivity contribution in [2.24, 2.45) is 0 Å². The second-order valence-electron chi connectivity index (χ2n) is 5.21. The van der Waals surface area contributed by atoms with Crippen molar-refractivity contribution in [3.05, 3.63) is 41.0 Å². The van der Waals surface area contributed by atoms with Gasteiger partial charge in [0.05, 0.1) is 23.4 Å². The van der Waals surface area contributed by atoms with Crippen molar-refractivity contribution in [1.29, 1.82) is 0 Å².